The van der Waals surface area contributed by atoms with Crippen molar-refractivity contribution < 1.29 is 9.59 Å². The maximum absolute atomic E-state index is 12.8. The van der Waals surface area contributed by atoms with Gasteiger partial charge in [0, 0.05) is 26.2 Å². The second kappa shape index (κ2) is 6.86. The van der Waals surface area contributed by atoms with Crippen molar-refractivity contribution >= 4 is 17.5 Å². The summed E-state index contributed by atoms with van der Waals surface area (Å²) in [4.78, 5) is 26.6. The fourth-order valence-electron chi connectivity index (χ4n) is 3.25. The first-order valence-electron chi connectivity index (χ1n) is 8.24. The van der Waals surface area contributed by atoms with Crippen molar-refractivity contribution in [3.8, 4) is 0 Å². The summed E-state index contributed by atoms with van der Waals surface area (Å²) >= 11 is 0. The number of benzene rings is 1. The minimum atomic E-state index is -0.278. The summed E-state index contributed by atoms with van der Waals surface area (Å²) in [7, 11) is 1.77. The number of rotatable bonds is 4. The summed E-state index contributed by atoms with van der Waals surface area (Å²) in [5.41, 5.74) is 1.67. The number of nitrogens with zero attached hydrogens (tertiary/aromatic N) is 3. The van der Waals surface area contributed by atoms with E-state index in [1.165, 1.54) is 0 Å². The highest BCUT2D eigenvalue weighted by Gasteiger charge is 2.38. The topological polar surface area (TPSA) is 67.2 Å². The number of carbonyl (C=O) groups is 2. The molecule has 1 aromatic carbocycles. The molecule has 0 unspecified atom stereocenters. The number of hydrogen-bond acceptors (Lipinski definition) is 3. The lowest BCUT2D eigenvalue weighted by atomic mass is 9.84. The quantitative estimate of drug-likeness (QED) is 0.938. The Morgan fingerprint density at radius 2 is 2.08 bits per heavy atom. The standard InChI is InChI=1S/C18H22N4O2/c1-3-22-12-14(11-19-22)20-18(24)15-9-10-16(23)21(2)17(15)13-7-5-4-6-8-13/h4-8,11-12,15,17H,3,9-10H2,1-2H3,(H,20,24)/t15-,17-/m0/s1. The summed E-state index contributed by atoms with van der Waals surface area (Å²) in [6.07, 6.45) is 4.41. The fraction of sp³-hybridized carbons (Fsp3) is 0.389. The third kappa shape index (κ3) is 3.18. The lowest BCUT2D eigenvalue weighted by Gasteiger charge is -2.38. The molecule has 2 aromatic rings. The summed E-state index contributed by atoms with van der Waals surface area (Å²) in [6.45, 7) is 2.74. The van der Waals surface area contributed by atoms with E-state index in [-0.39, 0.29) is 23.8 Å². The zero-order valence-electron chi connectivity index (χ0n) is 14.0. The minimum Gasteiger partial charge on any atom is -0.338 e. The molecule has 2 amide bonds. The number of piperidine rings is 1. The van der Waals surface area contributed by atoms with Gasteiger partial charge in [0.2, 0.25) is 11.8 Å². The lowest BCUT2D eigenvalue weighted by molar-refractivity contribution is -0.140. The number of carbonyl (C=O) groups excluding carboxylic acids is 2. The highest BCUT2D eigenvalue weighted by molar-refractivity contribution is 5.94. The number of amides is 2. The molecule has 0 bridgehead atoms. The van der Waals surface area contributed by atoms with E-state index < -0.39 is 0 Å². The molecular formula is C18H22N4O2. The Bertz CT molecular complexity index is 726. The van der Waals surface area contributed by atoms with Crippen LogP contribution in [0.4, 0.5) is 5.69 Å². The van der Waals surface area contributed by atoms with Crippen molar-refractivity contribution in [2.75, 3.05) is 12.4 Å². The van der Waals surface area contributed by atoms with Gasteiger partial charge in [-0.2, -0.15) is 5.10 Å². The molecule has 126 valence electrons. The maximum Gasteiger partial charge on any atom is 0.230 e. The zero-order chi connectivity index (χ0) is 17.1. The van der Waals surface area contributed by atoms with Crippen LogP contribution in [-0.4, -0.2) is 33.5 Å². The fourth-order valence-corrected chi connectivity index (χ4v) is 3.25. The van der Waals surface area contributed by atoms with Crippen molar-refractivity contribution in [1.29, 1.82) is 0 Å². The van der Waals surface area contributed by atoms with Gasteiger partial charge in [-0.25, -0.2) is 0 Å². The molecule has 0 aliphatic carbocycles. The molecule has 1 fully saturated rings. The van der Waals surface area contributed by atoms with Crippen molar-refractivity contribution in [3.05, 3.63) is 48.3 Å². The van der Waals surface area contributed by atoms with Crippen LogP contribution in [0.5, 0.6) is 0 Å². The Morgan fingerprint density at radius 1 is 1.33 bits per heavy atom. The van der Waals surface area contributed by atoms with E-state index in [1.54, 1.807) is 22.8 Å². The first-order valence-corrected chi connectivity index (χ1v) is 8.24. The van der Waals surface area contributed by atoms with E-state index in [9.17, 15) is 9.59 Å². The normalized spacial score (nSPS) is 20.9. The molecule has 0 saturated carbocycles. The number of aryl methyl sites for hydroxylation is 1. The van der Waals surface area contributed by atoms with Gasteiger partial charge in [0.25, 0.3) is 0 Å². The average Bonchev–Trinajstić information content (AvgIpc) is 3.05. The summed E-state index contributed by atoms with van der Waals surface area (Å²) < 4.78 is 1.76. The molecule has 2 atom stereocenters. The van der Waals surface area contributed by atoms with E-state index in [1.807, 2.05) is 43.5 Å². The Balaban J connectivity index is 1.83. The molecule has 24 heavy (non-hydrogen) atoms. The van der Waals surface area contributed by atoms with Gasteiger partial charge in [0.1, 0.15) is 0 Å². The SMILES string of the molecule is CCn1cc(NC(=O)[C@H]2CCC(=O)N(C)[C@H]2c2ccccc2)cn1. The van der Waals surface area contributed by atoms with Crippen LogP contribution in [0.2, 0.25) is 0 Å². The summed E-state index contributed by atoms with van der Waals surface area (Å²) in [6, 6.07) is 9.49. The Kier molecular flexibility index (Phi) is 4.64. The van der Waals surface area contributed by atoms with E-state index in [4.69, 9.17) is 0 Å². The number of likely N-dealkylation sites (tertiary alicyclic amines) is 1. The molecule has 0 radical (unpaired) electrons. The number of aromatic nitrogens is 2. The van der Waals surface area contributed by atoms with Crippen LogP contribution in [0, 0.1) is 5.92 Å². The molecule has 2 heterocycles. The molecule has 3 rings (SSSR count). The van der Waals surface area contributed by atoms with Crippen LogP contribution in [-0.2, 0) is 16.1 Å². The van der Waals surface area contributed by atoms with Gasteiger partial charge in [-0.05, 0) is 18.9 Å². The Hall–Kier alpha value is -2.63. The van der Waals surface area contributed by atoms with Crippen LogP contribution in [0.25, 0.3) is 0 Å². The van der Waals surface area contributed by atoms with Gasteiger partial charge in [-0.1, -0.05) is 30.3 Å². The second-order valence-electron chi connectivity index (χ2n) is 6.08. The average molecular weight is 326 g/mol. The minimum absolute atomic E-state index is 0.0705. The van der Waals surface area contributed by atoms with Crippen molar-refractivity contribution in [1.82, 2.24) is 14.7 Å². The smallest absolute Gasteiger partial charge is 0.230 e. The van der Waals surface area contributed by atoms with Crippen molar-refractivity contribution in [3.63, 3.8) is 0 Å². The molecule has 6 nitrogen and oxygen atoms in total. The molecule has 1 saturated heterocycles. The Morgan fingerprint density at radius 3 is 2.75 bits per heavy atom. The maximum atomic E-state index is 12.8. The van der Waals surface area contributed by atoms with E-state index >= 15 is 0 Å². The van der Waals surface area contributed by atoms with E-state index in [0.29, 0.717) is 18.5 Å². The van der Waals surface area contributed by atoms with Gasteiger partial charge in [0.15, 0.2) is 0 Å². The monoisotopic (exact) mass is 326 g/mol. The summed E-state index contributed by atoms with van der Waals surface area (Å²) in [5.74, 6) is -0.273. The predicted octanol–water partition coefficient (Wildman–Crippen LogP) is 2.45. The number of nitrogens with one attached hydrogen (secondary N) is 1. The third-order valence-electron chi connectivity index (χ3n) is 4.56. The van der Waals surface area contributed by atoms with Crippen LogP contribution in [0.3, 0.4) is 0 Å². The zero-order valence-corrected chi connectivity index (χ0v) is 14.0. The number of anilines is 1. The van der Waals surface area contributed by atoms with Crippen molar-refractivity contribution in [2.24, 2.45) is 5.92 Å². The molecule has 1 N–H and O–H groups in total. The highest BCUT2D eigenvalue weighted by Crippen LogP contribution is 2.36. The van der Waals surface area contributed by atoms with Gasteiger partial charge >= 0.3 is 0 Å². The molecule has 6 heteroatoms. The molecule has 1 aromatic heterocycles. The molecule has 0 spiro atoms. The number of hydrogen-bond donors (Lipinski definition) is 1. The first-order chi connectivity index (χ1) is 11.6. The van der Waals surface area contributed by atoms with Crippen molar-refractivity contribution in [2.45, 2.75) is 32.4 Å². The van der Waals surface area contributed by atoms with Crippen LogP contribution in [0.1, 0.15) is 31.4 Å². The molecule has 1 aliphatic rings. The van der Waals surface area contributed by atoms with E-state index in [0.717, 1.165) is 12.1 Å². The predicted molar refractivity (Wildman–Crippen MR) is 91.2 cm³/mol. The second-order valence-corrected chi connectivity index (χ2v) is 6.08. The van der Waals surface area contributed by atoms with Gasteiger partial charge < -0.3 is 10.2 Å². The van der Waals surface area contributed by atoms with Gasteiger partial charge in [-0.3, -0.25) is 14.3 Å². The molecular weight excluding hydrogens is 304 g/mol. The van der Waals surface area contributed by atoms with Crippen LogP contribution < -0.4 is 5.32 Å². The third-order valence-corrected chi connectivity index (χ3v) is 4.56. The van der Waals surface area contributed by atoms with Crippen LogP contribution >= 0.6 is 0 Å². The largest absolute Gasteiger partial charge is 0.338 e. The van der Waals surface area contributed by atoms with Gasteiger partial charge in [0.05, 0.1) is 23.8 Å². The highest BCUT2D eigenvalue weighted by atomic mass is 16.2. The van der Waals surface area contributed by atoms with E-state index in [2.05, 4.69) is 10.4 Å². The summed E-state index contributed by atoms with van der Waals surface area (Å²) in [5, 5.41) is 7.12. The first kappa shape index (κ1) is 16.2. The van der Waals surface area contributed by atoms with Crippen LogP contribution in [0.15, 0.2) is 42.7 Å². The lowest BCUT2D eigenvalue weighted by Crippen LogP contribution is -2.44. The van der Waals surface area contributed by atoms with Gasteiger partial charge in [-0.15, -0.1) is 0 Å². The molecule has 1 aliphatic heterocycles. The Labute approximate surface area is 141 Å².